The number of nitrogens with zero attached hydrogens (tertiary/aromatic N) is 1. The van der Waals surface area contributed by atoms with Crippen LogP contribution >= 0.6 is 35.8 Å². The van der Waals surface area contributed by atoms with Crippen molar-refractivity contribution in [1.82, 2.24) is 4.31 Å². The fourth-order valence-electron chi connectivity index (χ4n) is 0.140. The van der Waals surface area contributed by atoms with Gasteiger partial charge in [0, 0.05) is 7.05 Å². The molecule has 0 spiro atoms. The Morgan fingerprint density at radius 1 is 2.00 bits per heavy atom. The number of carbonyl (C=O) groups excluding carboxylic acids is 1. The topological polar surface area (TPSA) is 29.5 Å². The molecule has 0 rings (SSSR count). The van der Waals surface area contributed by atoms with Crippen LogP contribution in [0.1, 0.15) is 0 Å². The summed E-state index contributed by atoms with van der Waals surface area (Å²) in [5.41, 5.74) is 0. The van der Waals surface area contributed by atoms with Crippen LogP contribution in [0.15, 0.2) is 0 Å². The van der Waals surface area contributed by atoms with E-state index >= 15 is 0 Å². The van der Waals surface area contributed by atoms with E-state index in [-0.39, 0.29) is 12.5 Å². The molecule has 0 heterocycles. The standard InChI is InChI=1S/C3H6INO2S/c1-5(8)3(6)2-7-4/h8H,2H2,1H3. The minimum absolute atomic E-state index is 0.0839. The molecule has 0 radical (unpaired) electrons. The van der Waals surface area contributed by atoms with Gasteiger partial charge >= 0.3 is 0 Å². The maximum absolute atomic E-state index is 10.5. The zero-order valence-electron chi connectivity index (χ0n) is 4.30. The van der Waals surface area contributed by atoms with Gasteiger partial charge < -0.3 is 3.07 Å². The van der Waals surface area contributed by atoms with Gasteiger partial charge in [0.1, 0.15) is 29.6 Å². The first-order valence-corrected chi connectivity index (χ1v) is 3.15. The summed E-state index contributed by atoms with van der Waals surface area (Å²) < 4.78 is 5.67. The van der Waals surface area contributed by atoms with Crippen molar-refractivity contribution in [2.45, 2.75) is 0 Å². The van der Waals surface area contributed by atoms with Gasteiger partial charge in [0.25, 0.3) is 5.91 Å². The van der Waals surface area contributed by atoms with Gasteiger partial charge in [-0.1, -0.05) is 12.8 Å². The second-order valence-electron chi connectivity index (χ2n) is 1.17. The largest absolute Gasteiger partial charge is 0.306 e. The highest BCUT2D eigenvalue weighted by molar-refractivity contribution is 14.1. The van der Waals surface area contributed by atoms with Gasteiger partial charge in [0.2, 0.25) is 0 Å². The molecule has 0 saturated heterocycles. The summed E-state index contributed by atoms with van der Waals surface area (Å²) in [6.45, 7) is 0.0839. The maximum atomic E-state index is 10.5. The van der Waals surface area contributed by atoms with E-state index in [9.17, 15) is 4.79 Å². The Labute approximate surface area is 67.6 Å². The van der Waals surface area contributed by atoms with E-state index in [4.69, 9.17) is 0 Å². The van der Waals surface area contributed by atoms with E-state index in [1.165, 1.54) is 4.31 Å². The molecule has 1 amide bonds. The van der Waals surface area contributed by atoms with Gasteiger partial charge in [0.15, 0.2) is 0 Å². The summed E-state index contributed by atoms with van der Waals surface area (Å²) in [6, 6.07) is 0. The highest BCUT2D eigenvalue weighted by Gasteiger charge is 2.01. The first kappa shape index (κ1) is 8.51. The number of carbonyl (C=O) groups is 1. The molecular formula is C3H6INO2S. The molecule has 5 heteroatoms. The SMILES string of the molecule is CN(S)C(=O)COI. The Morgan fingerprint density at radius 2 is 2.50 bits per heavy atom. The van der Waals surface area contributed by atoms with E-state index in [1.807, 2.05) is 0 Å². The molecule has 0 saturated carbocycles. The second kappa shape index (κ2) is 4.39. The first-order valence-electron chi connectivity index (χ1n) is 1.87. The van der Waals surface area contributed by atoms with Crippen molar-refractivity contribution in [2.24, 2.45) is 0 Å². The average molecular weight is 247 g/mol. The van der Waals surface area contributed by atoms with Crippen LogP contribution in [0.4, 0.5) is 0 Å². The van der Waals surface area contributed by atoms with Crippen molar-refractivity contribution in [2.75, 3.05) is 13.7 Å². The monoisotopic (exact) mass is 247 g/mol. The third kappa shape index (κ3) is 3.50. The molecule has 0 aromatic heterocycles. The van der Waals surface area contributed by atoms with Crippen LogP contribution in [-0.4, -0.2) is 23.9 Å². The van der Waals surface area contributed by atoms with Crippen LogP contribution in [0, 0.1) is 0 Å². The zero-order valence-corrected chi connectivity index (χ0v) is 7.35. The Kier molecular flexibility index (Phi) is 4.68. The number of halogens is 1. The molecule has 0 aliphatic carbocycles. The van der Waals surface area contributed by atoms with Crippen molar-refractivity contribution in [3.05, 3.63) is 0 Å². The third-order valence-corrected chi connectivity index (χ3v) is 1.07. The van der Waals surface area contributed by atoms with Crippen LogP contribution in [0.3, 0.4) is 0 Å². The lowest BCUT2D eigenvalue weighted by Gasteiger charge is -2.04. The Morgan fingerprint density at radius 3 is 2.62 bits per heavy atom. The smallest absolute Gasteiger partial charge is 0.259 e. The van der Waals surface area contributed by atoms with E-state index in [2.05, 4.69) is 15.9 Å². The Hall–Kier alpha value is 0.510. The molecule has 0 aromatic rings. The van der Waals surface area contributed by atoms with Crippen molar-refractivity contribution >= 4 is 41.7 Å². The molecule has 0 aliphatic rings. The van der Waals surface area contributed by atoms with Gasteiger partial charge in [-0.25, -0.2) is 0 Å². The fraction of sp³-hybridized carbons (Fsp3) is 0.667. The number of hydrogen-bond donors (Lipinski definition) is 1. The second-order valence-corrected chi connectivity index (χ2v) is 2.39. The summed E-state index contributed by atoms with van der Waals surface area (Å²) in [4.78, 5) is 10.5. The Balaban J connectivity index is 3.33. The fourth-order valence-corrected chi connectivity index (χ4v) is 0.464. The summed E-state index contributed by atoms with van der Waals surface area (Å²) in [6.07, 6.45) is 0. The molecule has 3 nitrogen and oxygen atoms in total. The summed E-state index contributed by atoms with van der Waals surface area (Å²) >= 11 is 5.38. The minimum Gasteiger partial charge on any atom is -0.306 e. The van der Waals surface area contributed by atoms with Crippen LogP contribution in [0.25, 0.3) is 0 Å². The first-order chi connectivity index (χ1) is 3.68. The normalized spacial score (nSPS) is 8.88. The van der Waals surface area contributed by atoms with E-state index in [0.717, 1.165) is 0 Å². The molecule has 8 heavy (non-hydrogen) atoms. The van der Waals surface area contributed by atoms with Crippen molar-refractivity contribution in [3.8, 4) is 0 Å². The van der Waals surface area contributed by atoms with Crippen LogP contribution in [-0.2, 0) is 7.86 Å². The van der Waals surface area contributed by atoms with Crippen LogP contribution in [0.5, 0.6) is 0 Å². The van der Waals surface area contributed by atoms with Gasteiger partial charge in [-0.3, -0.25) is 9.10 Å². The van der Waals surface area contributed by atoms with Crippen molar-refractivity contribution in [1.29, 1.82) is 0 Å². The van der Waals surface area contributed by atoms with Gasteiger partial charge in [-0.2, -0.15) is 0 Å². The number of rotatable bonds is 2. The molecule has 0 bridgehead atoms. The number of hydrogen-bond acceptors (Lipinski definition) is 3. The lowest BCUT2D eigenvalue weighted by Crippen LogP contribution is -2.19. The summed E-state index contributed by atoms with van der Waals surface area (Å²) in [7, 11) is 1.56. The number of amides is 1. The minimum atomic E-state index is -0.150. The molecule has 0 fully saturated rings. The van der Waals surface area contributed by atoms with E-state index < -0.39 is 0 Å². The molecule has 0 aromatic carbocycles. The quantitative estimate of drug-likeness (QED) is 0.573. The van der Waals surface area contributed by atoms with Crippen LogP contribution < -0.4 is 0 Å². The molecular weight excluding hydrogens is 241 g/mol. The lowest BCUT2D eigenvalue weighted by atomic mass is 10.7. The third-order valence-electron chi connectivity index (χ3n) is 0.539. The van der Waals surface area contributed by atoms with Gasteiger partial charge in [0.05, 0.1) is 0 Å². The van der Waals surface area contributed by atoms with Crippen molar-refractivity contribution in [3.63, 3.8) is 0 Å². The molecule has 48 valence electrons. The number of likely N-dealkylation sites (N-methyl/N-ethyl adjacent to an activating group) is 1. The summed E-state index contributed by atoms with van der Waals surface area (Å²) in [5, 5.41) is 0. The predicted molar refractivity (Wildman–Crippen MR) is 41.7 cm³/mol. The Bertz CT molecular complexity index is 87.4. The zero-order chi connectivity index (χ0) is 6.57. The highest BCUT2D eigenvalue weighted by atomic mass is 127. The highest BCUT2D eigenvalue weighted by Crippen LogP contribution is 1.91. The van der Waals surface area contributed by atoms with E-state index in [0.29, 0.717) is 0 Å². The predicted octanol–water partition coefficient (Wildman–Crippen LogP) is 0.656. The lowest BCUT2D eigenvalue weighted by molar-refractivity contribution is -0.126. The average Bonchev–Trinajstić information content (AvgIpc) is 1.67. The van der Waals surface area contributed by atoms with E-state index in [1.54, 1.807) is 30.1 Å². The molecule has 0 aliphatic heterocycles. The summed E-state index contributed by atoms with van der Waals surface area (Å²) in [5.74, 6) is -0.150. The molecule has 0 N–H and O–H groups in total. The van der Waals surface area contributed by atoms with Gasteiger partial charge in [-0.15, -0.1) is 0 Å². The molecule has 0 unspecified atom stereocenters. The maximum Gasteiger partial charge on any atom is 0.259 e. The van der Waals surface area contributed by atoms with Crippen molar-refractivity contribution < 1.29 is 7.86 Å². The molecule has 0 atom stereocenters. The van der Waals surface area contributed by atoms with Gasteiger partial charge in [-0.05, 0) is 0 Å². The van der Waals surface area contributed by atoms with Crippen LogP contribution in [0.2, 0.25) is 0 Å². The number of thiol groups is 1.